The molecule has 0 atom stereocenters. The van der Waals surface area contributed by atoms with Crippen molar-refractivity contribution in [2.75, 3.05) is 6.79 Å². The molecule has 0 saturated heterocycles. The highest BCUT2D eigenvalue weighted by atomic mass is 16.8. The zero-order chi connectivity index (χ0) is 16.6. The van der Waals surface area contributed by atoms with Gasteiger partial charge in [0.25, 0.3) is 6.79 Å². The summed E-state index contributed by atoms with van der Waals surface area (Å²) in [6.45, 7) is 9.63. The molecule has 0 aromatic carbocycles. The van der Waals surface area contributed by atoms with Crippen molar-refractivity contribution < 1.29 is 29.2 Å². The molecule has 0 heterocycles. The fourth-order valence-corrected chi connectivity index (χ4v) is 0.377. The maximum atomic E-state index is 11.0. The molecule has 3 N–H and O–H groups in total. The minimum Gasteiger partial charge on any atom is -0.569 e. The topological polar surface area (TPSA) is 137 Å². The number of aliphatic carboxylic acids is 1. The summed E-state index contributed by atoms with van der Waals surface area (Å²) in [5.41, 5.74) is -1.19. The molecule has 0 bridgehead atoms. The van der Waals surface area contributed by atoms with Crippen molar-refractivity contribution in [1.29, 1.82) is 0 Å². The molecule has 0 aliphatic carbocycles. The normalized spacial score (nSPS) is 12.0. The zero-order valence-electron chi connectivity index (χ0n) is 12.7. The molecular weight excluding hydrogens is 270 g/mol. The third-order valence-corrected chi connectivity index (χ3v) is 1.63. The average Bonchev–Trinajstić information content (AvgIpc) is 2.21. The van der Waals surface area contributed by atoms with E-state index < -0.39 is 29.6 Å². The first-order chi connectivity index (χ1) is 8.78. The Morgan fingerprint density at radius 1 is 1.20 bits per heavy atom. The van der Waals surface area contributed by atoms with Gasteiger partial charge < -0.3 is 19.9 Å². The number of nitrogens with zero attached hydrogens (tertiary/aromatic N) is 2. The lowest BCUT2D eigenvalue weighted by atomic mass is 9.98. The van der Waals surface area contributed by atoms with E-state index in [1.807, 2.05) is 0 Å². The first-order valence-electron chi connectivity index (χ1n) is 5.74. The van der Waals surface area contributed by atoms with E-state index in [0.717, 1.165) is 0 Å². The highest BCUT2D eigenvalue weighted by Gasteiger charge is 2.23. The van der Waals surface area contributed by atoms with Crippen LogP contribution in [0.15, 0.2) is 5.28 Å². The molecule has 118 valence electrons. The lowest BCUT2D eigenvalue weighted by molar-refractivity contribution is -0.571. The molecular formula is C11H23N3O6. The number of carbonyl (C=O) groups excluding carboxylic acids is 1. The van der Waals surface area contributed by atoms with Crippen LogP contribution in [0.3, 0.4) is 0 Å². The molecule has 0 saturated carbocycles. The summed E-state index contributed by atoms with van der Waals surface area (Å²) in [5.74, 6) is 3.34. The van der Waals surface area contributed by atoms with Crippen molar-refractivity contribution in [3.8, 4) is 0 Å². The van der Waals surface area contributed by atoms with E-state index in [4.69, 9.17) is 5.11 Å². The second-order valence-corrected chi connectivity index (χ2v) is 5.87. The third-order valence-electron chi connectivity index (χ3n) is 1.63. The van der Waals surface area contributed by atoms with Crippen molar-refractivity contribution in [3.05, 3.63) is 5.21 Å². The van der Waals surface area contributed by atoms with Crippen molar-refractivity contribution >= 4 is 11.9 Å². The SMILES string of the molecule is CC(C)(C)C(=O)O.CC(C)(C)C(=O)OCON=[N+](N)[O-]. The molecule has 9 heteroatoms. The van der Waals surface area contributed by atoms with E-state index in [9.17, 15) is 14.8 Å². The number of hydrogen-bond donors (Lipinski definition) is 2. The molecule has 0 rings (SSSR count). The number of hydrazine groups is 1. The van der Waals surface area contributed by atoms with E-state index in [2.05, 4.69) is 20.7 Å². The second-order valence-electron chi connectivity index (χ2n) is 5.87. The zero-order valence-corrected chi connectivity index (χ0v) is 12.7. The fourth-order valence-electron chi connectivity index (χ4n) is 0.377. The summed E-state index contributed by atoms with van der Waals surface area (Å²) in [7, 11) is 0. The fraction of sp³-hybridized carbons (Fsp3) is 0.818. The van der Waals surface area contributed by atoms with Gasteiger partial charge in [0.1, 0.15) is 0 Å². The van der Waals surface area contributed by atoms with Gasteiger partial charge in [-0.1, -0.05) is 0 Å². The molecule has 0 unspecified atom stereocenters. The molecule has 0 aliphatic heterocycles. The van der Waals surface area contributed by atoms with E-state index >= 15 is 0 Å². The Kier molecular flexibility index (Phi) is 8.29. The minimum atomic E-state index is -0.757. The second kappa shape index (κ2) is 8.18. The lowest BCUT2D eigenvalue weighted by Crippen LogP contribution is -2.23. The van der Waals surface area contributed by atoms with Crippen LogP contribution in [0.1, 0.15) is 41.5 Å². The van der Waals surface area contributed by atoms with Crippen LogP contribution in [0.5, 0.6) is 0 Å². The Labute approximate surface area is 117 Å². The number of nitrogens with two attached hydrogens (primary N) is 1. The Morgan fingerprint density at radius 3 is 1.85 bits per heavy atom. The summed E-state index contributed by atoms with van der Waals surface area (Å²) < 4.78 is 4.58. The van der Waals surface area contributed by atoms with Crippen molar-refractivity contribution in [2.24, 2.45) is 22.0 Å². The smallest absolute Gasteiger partial charge is 0.314 e. The number of ether oxygens (including phenoxy) is 1. The highest BCUT2D eigenvalue weighted by molar-refractivity contribution is 5.75. The number of hydrogen-bond acceptors (Lipinski definition) is 6. The molecule has 0 amide bonds. The van der Waals surface area contributed by atoms with Gasteiger partial charge >= 0.3 is 11.9 Å². The number of esters is 1. The summed E-state index contributed by atoms with van der Waals surface area (Å²) >= 11 is 0. The number of carbonyl (C=O) groups is 2. The standard InChI is InChI=1S/C6H13N3O4.C5H10O2/c1-6(2,3)5(10)12-4-13-8-9(7)11;1-5(2,3)4(6)7/h4H2,1-3H3,(H2,7,8);1-3H3,(H,6,7). The van der Waals surface area contributed by atoms with E-state index in [0.29, 0.717) is 0 Å². The molecule has 0 aromatic rings. The van der Waals surface area contributed by atoms with Gasteiger partial charge in [-0.3, -0.25) is 9.59 Å². The molecule has 0 aromatic heterocycles. The van der Waals surface area contributed by atoms with Crippen LogP contribution in [0, 0.1) is 16.0 Å². The van der Waals surface area contributed by atoms with Gasteiger partial charge in [0.15, 0.2) is 0 Å². The van der Waals surface area contributed by atoms with E-state index in [1.54, 1.807) is 41.5 Å². The van der Waals surface area contributed by atoms with Gasteiger partial charge in [-0.15, -0.1) is 0 Å². The molecule has 20 heavy (non-hydrogen) atoms. The van der Waals surface area contributed by atoms with Crippen molar-refractivity contribution in [2.45, 2.75) is 41.5 Å². The first-order valence-corrected chi connectivity index (χ1v) is 5.74. The van der Waals surface area contributed by atoms with Crippen LogP contribution in [0.4, 0.5) is 0 Å². The Bertz CT molecular complexity index is 350. The monoisotopic (exact) mass is 293 g/mol. The maximum absolute atomic E-state index is 11.0. The van der Waals surface area contributed by atoms with Crippen LogP contribution in [0.2, 0.25) is 0 Å². The lowest BCUT2D eigenvalue weighted by Gasteiger charge is -2.14. The molecule has 0 aliphatic rings. The summed E-state index contributed by atoms with van der Waals surface area (Å²) in [5, 5.41) is 21.0. The van der Waals surface area contributed by atoms with E-state index in [1.165, 1.54) is 0 Å². The Hall–Kier alpha value is -2.06. The van der Waals surface area contributed by atoms with Gasteiger partial charge in [0.05, 0.1) is 15.8 Å². The van der Waals surface area contributed by atoms with Gasteiger partial charge in [-0.05, 0) is 41.5 Å². The van der Waals surface area contributed by atoms with Crippen molar-refractivity contribution in [3.63, 3.8) is 0 Å². The number of rotatable bonds is 3. The largest absolute Gasteiger partial charge is 0.569 e. The van der Waals surface area contributed by atoms with Crippen LogP contribution in [0.25, 0.3) is 0 Å². The summed E-state index contributed by atoms with van der Waals surface area (Å²) in [6.07, 6.45) is 0. The predicted molar refractivity (Wildman–Crippen MR) is 68.8 cm³/mol. The van der Waals surface area contributed by atoms with Crippen molar-refractivity contribution in [1.82, 2.24) is 0 Å². The van der Waals surface area contributed by atoms with Crippen LogP contribution in [-0.2, 0) is 19.2 Å². The van der Waals surface area contributed by atoms with Gasteiger partial charge in [0.2, 0.25) is 5.28 Å². The summed E-state index contributed by atoms with van der Waals surface area (Å²) in [4.78, 5) is 25.0. The number of carboxylic acids is 1. The maximum Gasteiger partial charge on any atom is 0.314 e. The molecule has 0 fully saturated rings. The number of carboxylic acid groups (broad SMARTS) is 1. The van der Waals surface area contributed by atoms with Crippen LogP contribution < -0.4 is 5.84 Å². The minimum absolute atomic E-state index is 0.273. The molecule has 0 radical (unpaired) electrons. The summed E-state index contributed by atoms with van der Waals surface area (Å²) in [6, 6.07) is 0. The van der Waals surface area contributed by atoms with Crippen LogP contribution >= 0.6 is 0 Å². The first kappa shape index (κ1) is 20.3. The van der Waals surface area contributed by atoms with Crippen LogP contribution in [-0.4, -0.2) is 28.8 Å². The molecule has 9 nitrogen and oxygen atoms in total. The van der Waals surface area contributed by atoms with Gasteiger partial charge in [0, 0.05) is 0 Å². The highest BCUT2D eigenvalue weighted by Crippen LogP contribution is 2.14. The average molecular weight is 293 g/mol. The Balaban J connectivity index is 0. The van der Waals surface area contributed by atoms with Gasteiger partial charge in [-0.2, -0.15) is 5.84 Å². The third kappa shape index (κ3) is 12.4. The predicted octanol–water partition coefficient (Wildman–Crippen LogP) is 1.42. The van der Waals surface area contributed by atoms with E-state index in [-0.39, 0.29) is 4.97 Å². The Morgan fingerprint density at radius 2 is 1.60 bits per heavy atom. The quantitative estimate of drug-likeness (QED) is 0.153. The molecule has 0 spiro atoms. The van der Waals surface area contributed by atoms with Gasteiger partial charge in [-0.25, -0.2) is 0 Å².